The third kappa shape index (κ3) is 1.88. The average molecular weight is 259 g/mol. The quantitative estimate of drug-likeness (QED) is 0.785. The van der Waals surface area contributed by atoms with Gasteiger partial charge in [-0.2, -0.15) is 0 Å². The van der Waals surface area contributed by atoms with Gasteiger partial charge >= 0.3 is 5.97 Å². The Kier molecular flexibility index (Phi) is 2.76. The third-order valence-electron chi connectivity index (χ3n) is 3.35. The standard InChI is InChI=1S/C14H13NO4/c16-12(13-10(14(17)18)5-7-19-13)9-3-1-2-8-4-6-15-11(8)9/h1-3,5,7,12,15-16H,4,6H2,(H,17,18). The maximum absolute atomic E-state index is 11.1. The van der Waals surface area contributed by atoms with Gasteiger partial charge in [-0.25, -0.2) is 4.79 Å². The zero-order valence-electron chi connectivity index (χ0n) is 10.1. The van der Waals surface area contributed by atoms with E-state index in [1.165, 1.54) is 12.3 Å². The fourth-order valence-corrected chi connectivity index (χ4v) is 2.44. The minimum atomic E-state index is -1.11. The molecule has 1 aliphatic heterocycles. The topological polar surface area (TPSA) is 82.7 Å². The summed E-state index contributed by atoms with van der Waals surface area (Å²) in [6, 6.07) is 6.97. The highest BCUT2D eigenvalue weighted by Gasteiger charge is 2.26. The molecule has 1 aromatic heterocycles. The highest BCUT2D eigenvalue weighted by molar-refractivity contribution is 5.89. The Balaban J connectivity index is 2.05. The Bertz CT molecular complexity index is 632. The maximum atomic E-state index is 11.1. The van der Waals surface area contributed by atoms with Crippen molar-refractivity contribution in [2.75, 3.05) is 11.9 Å². The van der Waals surface area contributed by atoms with E-state index in [0.717, 1.165) is 24.2 Å². The minimum absolute atomic E-state index is 0.0110. The van der Waals surface area contributed by atoms with Gasteiger partial charge in [0.05, 0.1) is 6.26 Å². The highest BCUT2D eigenvalue weighted by atomic mass is 16.4. The van der Waals surface area contributed by atoms with Crippen molar-refractivity contribution in [3.05, 3.63) is 53.0 Å². The molecule has 1 unspecified atom stereocenters. The van der Waals surface area contributed by atoms with E-state index in [1.807, 2.05) is 12.1 Å². The lowest BCUT2D eigenvalue weighted by molar-refractivity contribution is 0.0687. The summed E-state index contributed by atoms with van der Waals surface area (Å²) in [4.78, 5) is 11.1. The van der Waals surface area contributed by atoms with Crippen LogP contribution in [0.3, 0.4) is 0 Å². The number of nitrogens with one attached hydrogen (secondary N) is 1. The number of carboxylic acid groups (broad SMARTS) is 1. The molecule has 0 amide bonds. The van der Waals surface area contributed by atoms with Gasteiger partial charge in [0.15, 0.2) is 5.76 Å². The molecule has 3 rings (SSSR count). The number of aliphatic hydroxyl groups is 1. The number of aromatic carboxylic acids is 1. The van der Waals surface area contributed by atoms with Crippen molar-refractivity contribution >= 4 is 11.7 Å². The molecule has 1 aliphatic rings. The number of fused-ring (bicyclic) bond motifs is 1. The summed E-state index contributed by atoms with van der Waals surface area (Å²) in [6.45, 7) is 0.822. The first-order chi connectivity index (χ1) is 9.18. The molecule has 98 valence electrons. The summed E-state index contributed by atoms with van der Waals surface area (Å²) in [5, 5.41) is 22.6. The van der Waals surface area contributed by atoms with Crippen LogP contribution in [-0.4, -0.2) is 22.7 Å². The second kappa shape index (κ2) is 4.44. The Morgan fingerprint density at radius 1 is 1.37 bits per heavy atom. The van der Waals surface area contributed by atoms with E-state index in [1.54, 1.807) is 6.07 Å². The molecule has 0 spiro atoms. The molecule has 5 nitrogen and oxygen atoms in total. The molecule has 19 heavy (non-hydrogen) atoms. The van der Waals surface area contributed by atoms with Crippen LogP contribution in [0.4, 0.5) is 5.69 Å². The van der Waals surface area contributed by atoms with Gasteiger partial charge in [0, 0.05) is 17.8 Å². The molecule has 0 saturated carbocycles. The van der Waals surface area contributed by atoms with Crippen LogP contribution in [0.5, 0.6) is 0 Å². The number of rotatable bonds is 3. The van der Waals surface area contributed by atoms with Crippen LogP contribution < -0.4 is 5.32 Å². The van der Waals surface area contributed by atoms with E-state index in [4.69, 9.17) is 9.52 Å². The number of carbonyl (C=O) groups is 1. The van der Waals surface area contributed by atoms with E-state index in [2.05, 4.69) is 5.32 Å². The Morgan fingerprint density at radius 3 is 3.00 bits per heavy atom. The Hall–Kier alpha value is -2.27. The molecule has 0 fully saturated rings. The van der Waals surface area contributed by atoms with Crippen molar-refractivity contribution in [1.82, 2.24) is 0 Å². The van der Waals surface area contributed by atoms with Crippen LogP contribution in [0, 0.1) is 0 Å². The largest absolute Gasteiger partial charge is 0.478 e. The summed E-state index contributed by atoms with van der Waals surface area (Å²) in [5.74, 6) is -1.04. The minimum Gasteiger partial charge on any atom is -0.478 e. The number of hydrogen-bond donors (Lipinski definition) is 3. The van der Waals surface area contributed by atoms with Gasteiger partial charge < -0.3 is 19.9 Å². The van der Waals surface area contributed by atoms with Crippen LogP contribution in [0.15, 0.2) is 34.9 Å². The van der Waals surface area contributed by atoms with E-state index in [0.29, 0.717) is 5.56 Å². The van der Waals surface area contributed by atoms with Gasteiger partial charge in [0.1, 0.15) is 11.7 Å². The lowest BCUT2D eigenvalue weighted by atomic mass is 10.00. The van der Waals surface area contributed by atoms with Gasteiger partial charge in [-0.3, -0.25) is 0 Å². The molecular weight excluding hydrogens is 246 g/mol. The summed E-state index contributed by atoms with van der Waals surface area (Å²) < 4.78 is 5.14. The third-order valence-corrected chi connectivity index (χ3v) is 3.35. The number of hydrogen-bond acceptors (Lipinski definition) is 4. The molecule has 3 N–H and O–H groups in total. The molecular formula is C14H13NO4. The van der Waals surface area contributed by atoms with Crippen molar-refractivity contribution in [1.29, 1.82) is 0 Å². The molecule has 0 bridgehead atoms. The number of benzene rings is 1. The number of furan rings is 1. The van der Waals surface area contributed by atoms with Gasteiger partial charge in [-0.05, 0) is 18.1 Å². The van der Waals surface area contributed by atoms with E-state index < -0.39 is 12.1 Å². The average Bonchev–Trinajstić information content (AvgIpc) is 3.05. The summed E-state index contributed by atoms with van der Waals surface area (Å²) in [7, 11) is 0. The van der Waals surface area contributed by atoms with Crippen molar-refractivity contribution in [3.63, 3.8) is 0 Å². The summed E-state index contributed by atoms with van der Waals surface area (Å²) in [6.07, 6.45) is 1.10. The van der Waals surface area contributed by atoms with Crippen molar-refractivity contribution in [2.45, 2.75) is 12.5 Å². The van der Waals surface area contributed by atoms with Crippen molar-refractivity contribution < 1.29 is 19.4 Å². The number of aliphatic hydroxyl groups excluding tert-OH is 1. The smallest absolute Gasteiger partial charge is 0.339 e. The molecule has 1 aromatic carbocycles. The molecule has 5 heteroatoms. The normalized spacial score (nSPS) is 14.8. The van der Waals surface area contributed by atoms with E-state index >= 15 is 0 Å². The molecule has 2 heterocycles. The van der Waals surface area contributed by atoms with E-state index in [9.17, 15) is 9.90 Å². The second-order valence-corrected chi connectivity index (χ2v) is 4.46. The van der Waals surface area contributed by atoms with Crippen LogP contribution in [0.25, 0.3) is 0 Å². The maximum Gasteiger partial charge on any atom is 0.339 e. The first-order valence-corrected chi connectivity index (χ1v) is 6.03. The molecule has 0 aliphatic carbocycles. The fourth-order valence-electron chi connectivity index (χ4n) is 2.44. The molecule has 0 saturated heterocycles. The first-order valence-electron chi connectivity index (χ1n) is 6.03. The molecule has 1 atom stereocenters. The predicted octanol–water partition coefficient (Wildman–Crippen LogP) is 2.03. The first kappa shape index (κ1) is 11.8. The van der Waals surface area contributed by atoms with Crippen LogP contribution in [0.1, 0.15) is 33.3 Å². The molecule has 0 radical (unpaired) electrons. The lowest BCUT2D eigenvalue weighted by Gasteiger charge is -2.14. The highest BCUT2D eigenvalue weighted by Crippen LogP contribution is 2.35. The Morgan fingerprint density at radius 2 is 2.21 bits per heavy atom. The zero-order chi connectivity index (χ0) is 13.4. The summed E-state index contributed by atoms with van der Waals surface area (Å²) >= 11 is 0. The van der Waals surface area contributed by atoms with Gasteiger partial charge in [0.2, 0.25) is 0 Å². The van der Waals surface area contributed by atoms with Crippen molar-refractivity contribution in [2.24, 2.45) is 0 Å². The number of anilines is 1. The monoisotopic (exact) mass is 259 g/mol. The van der Waals surface area contributed by atoms with Gasteiger partial charge in [-0.15, -0.1) is 0 Å². The van der Waals surface area contributed by atoms with Crippen molar-refractivity contribution in [3.8, 4) is 0 Å². The van der Waals surface area contributed by atoms with Gasteiger partial charge in [-0.1, -0.05) is 18.2 Å². The SMILES string of the molecule is O=C(O)c1ccoc1C(O)c1cccc2c1NCC2. The lowest BCUT2D eigenvalue weighted by Crippen LogP contribution is -2.07. The van der Waals surface area contributed by atoms with Crippen LogP contribution in [-0.2, 0) is 6.42 Å². The second-order valence-electron chi connectivity index (χ2n) is 4.46. The summed E-state index contributed by atoms with van der Waals surface area (Å²) in [5.41, 5.74) is 2.64. The van der Waals surface area contributed by atoms with Crippen LogP contribution in [0.2, 0.25) is 0 Å². The predicted molar refractivity (Wildman–Crippen MR) is 68.4 cm³/mol. The fraction of sp³-hybridized carbons (Fsp3) is 0.214. The number of carboxylic acids is 1. The Labute approximate surface area is 109 Å². The van der Waals surface area contributed by atoms with Crippen LogP contribution >= 0.6 is 0 Å². The van der Waals surface area contributed by atoms with Gasteiger partial charge in [0.25, 0.3) is 0 Å². The van der Waals surface area contributed by atoms with E-state index in [-0.39, 0.29) is 11.3 Å². The zero-order valence-corrected chi connectivity index (χ0v) is 10.1. The number of para-hydroxylation sites is 1. The molecule has 2 aromatic rings.